The number of nitrogens with zero attached hydrogens (tertiary/aromatic N) is 1. The van der Waals surface area contributed by atoms with Crippen LogP contribution in [0.4, 0.5) is 0 Å². The fourth-order valence-corrected chi connectivity index (χ4v) is 3.37. The molecule has 3 unspecified atom stereocenters. The van der Waals surface area contributed by atoms with E-state index in [1.165, 1.54) is 45.2 Å². The topological polar surface area (TPSA) is 29.3 Å². The van der Waals surface area contributed by atoms with Gasteiger partial charge in [0.25, 0.3) is 0 Å². The normalized spacial score (nSPS) is 39.4. The van der Waals surface area contributed by atoms with Gasteiger partial charge in [0, 0.05) is 24.7 Å². The second kappa shape index (κ2) is 4.66. The quantitative estimate of drug-likeness (QED) is 0.798. The summed E-state index contributed by atoms with van der Waals surface area (Å²) in [5.41, 5.74) is 6.51. The van der Waals surface area contributed by atoms with Crippen molar-refractivity contribution in [3.8, 4) is 0 Å². The highest BCUT2D eigenvalue weighted by atomic mass is 15.2. The third-order valence-corrected chi connectivity index (χ3v) is 4.97. The molecule has 0 aromatic rings. The molecule has 16 heavy (non-hydrogen) atoms. The van der Waals surface area contributed by atoms with Crippen LogP contribution in [0.25, 0.3) is 0 Å². The fraction of sp³-hybridized carbons (Fsp3) is 1.00. The van der Waals surface area contributed by atoms with Crippen LogP contribution in [0.15, 0.2) is 0 Å². The van der Waals surface area contributed by atoms with Crippen LogP contribution in [0.1, 0.15) is 52.9 Å². The summed E-state index contributed by atoms with van der Waals surface area (Å²) in [6, 6.07) is 0.750. The first-order valence-electron chi connectivity index (χ1n) is 7.03. The molecule has 0 amide bonds. The monoisotopic (exact) mass is 224 g/mol. The number of rotatable bonds is 3. The Bertz CT molecular complexity index is 235. The lowest BCUT2D eigenvalue weighted by molar-refractivity contribution is 0.0647. The number of likely N-dealkylation sites (tertiary alicyclic amines) is 1. The van der Waals surface area contributed by atoms with E-state index in [2.05, 4.69) is 25.7 Å². The lowest BCUT2D eigenvalue weighted by atomic mass is 9.75. The van der Waals surface area contributed by atoms with Gasteiger partial charge in [0.1, 0.15) is 0 Å². The Hall–Kier alpha value is -0.0800. The molecule has 1 saturated heterocycles. The second-order valence-electron chi connectivity index (χ2n) is 6.52. The molecule has 94 valence electrons. The van der Waals surface area contributed by atoms with Crippen LogP contribution in [0, 0.1) is 11.8 Å². The zero-order valence-corrected chi connectivity index (χ0v) is 11.2. The van der Waals surface area contributed by atoms with Crippen LogP contribution in [-0.4, -0.2) is 29.6 Å². The van der Waals surface area contributed by atoms with Gasteiger partial charge in [-0.3, -0.25) is 0 Å². The Morgan fingerprint density at radius 2 is 1.94 bits per heavy atom. The molecule has 2 aliphatic rings. The van der Waals surface area contributed by atoms with E-state index in [0.717, 1.165) is 17.9 Å². The zero-order chi connectivity index (χ0) is 11.8. The van der Waals surface area contributed by atoms with Crippen molar-refractivity contribution in [1.29, 1.82) is 0 Å². The average Bonchev–Trinajstić information content (AvgIpc) is 2.18. The summed E-state index contributed by atoms with van der Waals surface area (Å²) < 4.78 is 0. The molecular formula is C14H28N2. The summed E-state index contributed by atoms with van der Waals surface area (Å²) in [7, 11) is 0. The maximum absolute atomic E-state index is 6.31. The largest absolute Gasteiger partial charge is 0.325 e. The van der Waals surface area contributed by atoms with Gasteiger partial charge < -0.3 is 10.6 Å². The van der Waals surface area contributed by atoms with E-state index in [4.69, 9.17) is 5.73 Å². The van der Waals surface area contributed by atoms with Crippen molar-refractivity contribution in [1.82, 2.24) is 4.90 Å². The minimum atomic E-state index is 0.198. The summed E-state index contributed by atoms with van der Waals surface area (Å²) in [5.74, 6) is 1.71. The highest BCUT2D eigenvalue weighted by Crippen LogP contribution is 2.34. The molecule has 1 aliphatic carbocycles. The predicted molar refractivity (Wildman–Crippen MR) is 69.4 cm³/mol. The molecule has 1 saturated carbocycles. The lowest BCUT2D eigenvalue weighted by Gasteiger charge is -2.44. The van der Waals surface area contributed by atoms with Gasteiger partial charge >= 0.3 is 0 Å². The summed E-state index contributed by atoms with van der Waals surface area (Å²) in [6.07, 6.45) is 6.45. The summed E-state index contributed by atoms with van der Waals surface area (Å²) in [5, 5.41) is 0. The molecule has 2 nitrogen and oxygen atoms in total. The minimum absolute atomic E-state index is 0.198. The van der Waals surface area contributed by atoms with Gasteiger partial charge in [0.15, 0.2) is 0 Å². The molecule has 2 N–H and O–H groups in total. The molecule has 0 bridgehead atoms. The third-order valence-electron chi connectivity index (χ3n) is 4.97. The minimum Gasteiger partial charge on any atom is -0.325 e. The number of piperidine rings is 1. The molecular weight excluding hydrogens is 196 g/mol. The van der Waals surface area contributed by atoms with Crippen molar-refractivity contribution in [2.45, 2.75) is 64.5 Å². The average molecular weight is 224 g/mol. The first-order valence-corrected chi connectivity index (χ1v) is 7.03. The second-order valence-corrected chi connectivity index (χ2v) is 6.52. The summed E-state index contributed by atoms with van der Waals surface area (Å²) in [4.78, 5) is 2.67. The Balaban J connectivity index is 1.83. The molecule has 3 atom stereocenters. The molecule has 1 aliphatic heterocycles. The van der Waals surface area contributed by atoms with Gasteiger partial charge in [-0.1, -0.05) is 13.8 Å². The van der Waals surface area contributed by atoms with Gasteiger partial charge in [-0.25, -0.2) is 0 Å². The van der Waals surface area contributed by atoms with E-state index < -0.39 is 0 Å². The first kappa shape index (κ1) is 12.4. The predicted octanol–water partition coefficient (Wildman–Crippen LogP) is 2.62. The molecule has 1 heterocycles. The van der Waals surface area contributed by atoms with Crippen LogP contribution < -0.4 is 5.73 Å². The van der Waals surface area contributed by atoms with Crippen molar-refractivity contribution in [2.75, 3.05) is 13.1 Å². The standard InChI is InChI=1S/C14H28N2/c1-11-9-12(2)13(3)16(10-11)8-7-14(15)5-4-6-14/h11-13H,4-10,15H2,1-3H3. The van der Waals surface area contributed by atoms with E-state index in [1.54, 1.807) is 0 Å². The Morgan fingerprint density at radius 3 is 2.50 bits per heavy atom. The number of nitrogens with two attached hydrogens (primary N) is 1. The van der Waals surface area contributed by atoms with Gasteiger partial charge in [0.05, 0.1) is 0 Å². The van der Waals surface area contributed by atoms with E-state index in [-0.39, 0.29) is 5.54 Å². The fourth-order valence-electron chi connectivity index (χ4n) is 3.37. The SMILES string of the molecule is CC1CC(C)C(C)N(CCC2(N)CCC2)C1. The molecule has 2 heteroatoms. The third kappa shape index (κ3) is 2.60. The maximum atomic E-state index is 6.31. The van der Waals surface area contributed by atoms with Crippen molar-refractivity contribution in [3.63, 3.8) is 0 Å². The van der Waals surface area contributed by atoms with Gasteiger partial charge in [0.2, 0.25) is 0 Å². The van der Waals surface area contributed by atoms with E-state index in [9.17, 15) is 0 Å². The number of hydrogen-bond acceptors (Lipinski definition) is 2. The molecule has 0 aromatic carbocycles. The van der Waals surface area contributed by atoms with E-state index in [1.807, 2.05) is 0 Å². The van der Waals surface area contributed by atoms with Crippen LogP contribution >= 0.6 is 0 Å². The highest BCUT2D eigenvalue weighted by molar-refractivity contribution is 4.94. The van der Waals surface area contributed by atoms with Gasteiger partial charge in [-0.2, -0.15) is 0 Å². The Morgan fingerprint density at radius 1 is 1.25 bits per heavy atom. The first-order chi connectivity index (χ1) is 7.50. The lowest BCUT2D eigenvalue weighted by Crippen LogP contribution is -2.52. The molecule has 2 rings (SSSR count). The Labute approximate surface area is 101 Å². The summed E-state index contributed by atoms with van der Waals surface area (Å²) >= 11 is 0. The van der Waals surface area contributed by atoms with Crippen molar-refractivity contribution < 1.29 is 0 Å². The maximum Gasteiger partial charge on any atom is 0.0166 e. The van der Waals surface area contributed by atoms with Crippen LogP contribution in [0.3, 0.4) is 0 Å². The van der Waals surface area contributed by atoms with E-state index in [0.29, 0.717) is 0 Å². The van der Waals surface area contributed by atoms with Gasteiger partial charge in [-0.15, -0.1) is 0 Å². The smallest absolute Gasteiger partial charge is 0.0166 e. The molecule has 0 aromatic heterocycles. The molecule has 0 spiro atoms. The molecule has 0 radical (unpaired) electrons. The van der Waals surface area contributed by atoms with Crippen molar-refractivity contribution >= 4 is 0 Å². The van der Waals surface area contributed by atoms with Crippen molar-refractivity contribution in [2.24, 2.45) is 17.6 Å². The van der Waals surface area contributed by atoms with Crippen LogP contribution in [0.2, 0.25) is 0 Å². The van der Waals surface area contributed by atoms with Crippen molar-refractivity contribution in [3.05, 3.63) is 0 Å². The van der Waals surface area contributed by atoms with Crippen LogP contribution in [0.5, 0.6) is 0 Å². The Kier molecular flexibility index (Phi) is 3.60. The van der Waals surface area contributed by atoms with Gasteiger partial charge in [-0.05, 0) is 50.9 Å². The summed E-state index contributed by atoms with van der Waals surface area (Å²) in [6.45, 7) is 9.67. The van der Waals surface area contributed by atoms with Crippen LogP contribution in [-0.2, 0) is 0 Å². The highest BCUT2D eigenvalue weighted by Gasteiger charge is 2.34. The zero-order valence-electron chi connectivity index (χ0n) is 11.2. The molecule has 2 fully saturated rings. The number of hydrogen-bond donors (Lipinski definition) is 1. The van der Waals surface area contributed by atoms with E-state index >= 15 is 0 Å².